The maximum absolute atomic E-state index is 13.6. The molecule has 0 bridgehead atoms. The topological polar surface area (TPSA) is 54.0 Å². The highest BCUT2D eigenvalue weighted by molar-refractivity contribution is 5.67. The predicted octanol–water partition coefficient (Wildman–Crippen LogP) is 6.91. The van der Waals surface area contributed by atoms with Crippen molar-refractivity contribution in [3.8, 4) is 0 Å². The van der Waals surface area contributed by atoms with Gasteiger partial charge in [-0.1, -0.05) is 60.7 Å². The van der Waals surface area contributed by atoms with Gasteiger partial charge in [0.05, 0.1) is 23.8 Å². The van der Waals surface area contributed by atoms with E-state index in [2.05, 4.69) is 5.32 Å². The van der Waals surface area contributed by atoms with E-state index in [1.54, 1.807) is 4.90 Å². The molecule has 0 aromatic heterocycles. The van der Waals surface area contributed by atoms with E-state index in [0.717, 1.165) is 17.2 Å². The Labute approximate surface area is 239 Å². The monoisotopic (exact) mass is 567 g/mol. The molecule has 0 unspecified atom stereocenters. The van der Waals surface area contributed by atoms with Crippen LogP contribution in [0.3, 0.4) is 0 Å². The molecule has 1 amide bonds. The molecule has 6 nitrogen and oxygen atoms in total. The molecular weight excluding hydrogens is 531 g/mol. The average Bonchev–Trinajstić information content (AvgIpc) is 2.97. The Morgan fingerprint density at radius 2 is 1.68 bits per heavy atom. The van der Waals surface area contributed by atoms with Gasteiger partial charge in [0.2, 0.25) is 0 Å². The molecule has 3 aromatic rings. The number of hydrogen-bond donors (Lipinski definition) is 1. The highest BCUT2D eigenvalue weighted by Gasteiger charge is 2.44. The normalized spacial score (nSPS) is 21.9. The summed E-state index contributed by atoms with van der Waals surface area (Å²) in [6.07, 6.45) is -4.55. The smallest absolute Gasteiger partial charge is 0.416 e. The van der Waals surface area contributed by atoms with E-state index in [1.165, 1.54) is 12.1 Å². The summed E-state index contributed by atoms with van der Waals surface area (Å²) in [7, 11) is 3.89. The molecule has 9 heteroatoms. The van der Waals surface area contributed by atoms with Crippen molar-refractivity contribution in [3.05, 3.63) is 101 Å². The molecule has 0 aliphatic carbocycles. The number of halogens is 3. The molecule has 1 saturated heterocycles. The zero-order valence-electron chi connectivity index (χ0n) is 23.3. The fraction of sp³-hybridized carbons (Fsp3) is 0.406. The summed E-state index contributed by atoms with van der Waals surface area (Å²) in [4.78, 5) is 16.8. The Balaban J connectivity index is 1.32. The Morgan fingerprint density at radius 1 is 0.976 bits per heavy atom. The Bertz CT molecular complexity index is 1300. The number of likely N-dealkylation sites (N-methyl/N-ethyl adjacent to an activating group) is 1. The SMILES string of the molecule is CN(C)CCN(Cc1ccccc1)C(=O)OC[C@H]1CC[C@@H]2[C@H](O1)c1cc(C(F)(F)F)ccc1N[C@H]2c1ccccc1. The van der Waals surface area contributed by atoms with Crippen LogP contribution in [0.2, 0.25) is 0 Å². The van der Waals surface area contributed by atoms with Gasteiger partial charge >= 0.3 is 12.3 Å². The molecule has 2 aliphatic heterocycles. The molecule has 3 aromatic carbocycles. The summed E-state index contributed by atoms with van der Waals surface area (Å²) in [5, 5.41) is 3.47. The van der Waals surface area contributed by atoms with E-state index in [9.17, 15) is 18.0 Å². The van der Waals surface area contributed by atoms with Gasteiger partial charge in [-0.2, -0.15) is 13.2 Å². The number of hydrogen-bond acceptors (Lipinski definition) is 5. The molecule has 2 heterocycles. The molecule has 0 spiro atoms. The van der Waals surface area contributed by atoms with Crippen LogP contribution >= 0.6 is 0 Å². The fourth-order valence-corrected chi connectivity index (χ4v) is 5.66. The van der Waals surface area contributed by atoms with Crippen molar-refractivity contribution in [2.45, 2.75) is 43.8 Å². The van der Waals surface area contributed by atoms with Crippen LogP contribution in [0.4, 0.5) is 23.7 Å². The third-order valence-corrected chi connectivity index (χ3v) is 7.82. The average molecular weight is 568 g/mol. The van der Waals surface area contributed by atoms with E-state index in [0.29, 0.717) is 43.7 Å². The summed E-state index contributed by atoms with van der Waals surface area (Å²) < 4.78 is 53.1. The summed E-state index contributed by atoms with van der Waals surface area (Å²) in [5.41, 5.74) is 2.47. The zero-order valence-corrected chi connectivity index (χ0v) is 23.3. The number of nitrogens with zero attached hydrogens (tertiary/aromatic N) is 2. The first kappa shape index (κ1) is 29.0. The largest absolute Gasteiger partial charge is 0.447 e. The van der Waals surface area contributed by atoms with Gasteiger partial charge in [0, 0.05) is 36.8 Å². The van der Waals surface area contributed by atoms with Gasteiger partial charge < -0.3 is 24.6 Å². The maximum atomic E-state index is 13.6. The minimum Gasteiger partial charge on any atom is -0.447 e. The van der Waals surface area contributed by atoms with Gasteiger partial charge in [0.25, 0.3) is 0 Å². The van der Waals surface area contributed by atoms with Gasteiger partial charge in [-0.3, -0.25) is 0 Å². The Morgan fingerprint density at radius 3 is 2.37 bits per heavy atom. The lowest BCUT2D eigenvalue weighted by atomic mass is 9.76. The van der Waals surface area contributed by atoms with Gasteiger partial charge in [-0.25, -0.2) is 4.79 Å². The molecule has 5 rings (SSSR count). The summed E-state index contributed by atoms with van der Waals surface area (Å²) in [6.45, 7) is 1.63. The van der Waals surface area contributed by atoms with E-state index in [-0.39, 0.29) is 18.6 Å². The van der Waals surface area contributed by atoms with E-state index >= 15 is 0 Å². The van der Waals surface area contributed by atoms with Crippen LogP contribution in [0, 0.1) is 5.92 Å². The summed E-state index contributed by atoms with van der Waals surface area (Å²) in [5.74, 6) is -0.0741. The first-order valence-electron chi connectivity index (χ1n) is 14.0. The number of rotatable bonds is 8. The number of nitrogens with one attached hydrogen (secondary N) is 1. The zero-order chi connectivity index (χ0) is 29.0. The number of carbonyl (C=O) groups excluding carboxylic acids is 1. The number of ether oxygens (including phenoxy) is 2. The van der Waals surface area contributed by atoms with E-state index in [4.69, 9.17) is 9.47 Å². The van der Waals surface area contributed by atoms with Crippen molar-refractivity contribution in [1.82, 2.24) is 9.80 Å². The van der Waals surface area contributed by atoms with E-state index in [1.807, 2.05) is 79.7 Å². The standard InChI is InChI=1S/C32H36F3N3O3/c1-37(2)17-18-38(20-22-9-5-3-6-10-22)31(39)40-21-25-14-15-26-29(23-11-7-4-8-12-23)36-28-16-13-24(32(33,34)35)19-27(28)30(26)41-25/h3-13,16,19,25-26,29-30,36H,14-15,17-18,20-21H2,1-2H3/t25-,26+,29+,30+/m1/s1. The Kier molecular flexibility index (Phi) is 8.85. The van der Waals surface area contributed by atoms with Crippen LogP contribution in [-0.2, 0) is 22.2 Å². The molecule has 4 atom stereocenters. The summed E-state index contributed by atoms with van der Waals surface area (Å²) >= 11 is 0. The molecule has 218 valence electrons. The van der Waals surface area contributed by atoms with E-state index < -0.39 is 30.0 Å². The number of carbonyl (C=O) groups is 1. The van der Waals surface area contributed by atoms with Crippen molar-refractivity contribution in [2.24, 2.45) is 5.92 Å². The Hall–Kier alpha value is -3.56. The molecular formula is C32H36F3N3O3. The number of fused-ring (bicyclic) bond motifs is 3. The number of benzene rings is 3. The molecule has 2 aliphatic rings. The first-order chi connectivity index (χ1) is 19.7. The highest BCUT2D eigenvalue weighted by Crippen LogP contribution is 2.51. The second kappa shape index (κ2) is 12.5. The van der Waals surface area contributed by atoms with Crippen LogP contribution in [0.5, 0.6) is 0 Å². The lowest BCUT2D eigenvalue weighted by Crippen LogP contribution is -2.42. The van der Waals surface area contributed by atoms with Crippen molar-refractivity contribution in [3.63, 3.8) is 0 Å². The second-order valence-electron chi connectivity index (χ2n) is 11.0. The number of anilines is 1. The van der Waals surface area contributed by atoms with Crippen LogP contribution in [-0.4, -0.2) is 55.8 Å². The minimum absolute atomic E-state index is 0.0348. The second-order valence-corrected chi connectivity index (χ2v) is 11.0. The fourth-order valence-electron chi connectivity index (χ4n) is 5.66. The maximum Gasteiger partial charge on any atom is 0.416 e. The number of amides is 1. The van der Waals surface area contributed by atoms with Crippen molar-refractivity contribution < 1.29 is 27.4 Å². The lowest BCUT2D eigenvalue weighted by molar-refractivity contribution is -0.138. The van der Waals surface area contributed by atoms with Crippen LogP contribution in [0.1, 0.15) is 47.2 Å². The lowest BCUT2D eigenvalue weighted by Gasteiger charge is -2.45. The third kappa shape index (κ3) is 7.02. The van der Waals surface area contributed by atoms with Crippen molar-refractivity contribution in [1.29, 1.82) is 0 Å². The van der Waals surface area contributed by atoms with Crippen LogP contribution in [0.15, 0.2) is 78.9 Å². The predicted molar refractivity (Wildman–Crippen MR) is 151 cm³/mol. The van der Waals surface area contributed by atoms with Crippen molar-refractivity contribution in [2.75, 3.05) is 39.1 Å². The minimum atomic E-state index is -4.46. The molecule has 0 saturated carbocycles. The van der Waals surface area contributed by atoms with Gasteiger partial charge in [0.15, 0.2) is 0 Å². The molecule has 1 fully saturated rings. The first-order valence-corrected chi connectivity index (χ1v) is 14.0. The summed E-state index contributed by atoms with van der Waals surface area (Å²) in [6, 6.07) is 23.3. The van der Waals surface area contributed by atoms with Crippen LogP contribution in [0.25, 0.3) is 0 Å². The van der Waals surface area contributed by atoms with Crippen LogP contribution < -0.4 is 5.32 Å². The quantitative estimate of drug-likeness (QED) is 0.321. The van der Waals surface area contributed by atoms with Gasteiger partial charge in [0.1, 0.15) is 6.61 Å². The highest BCUT2D eigenvalue weighted by atomic mass is 19.4. The molecule has 41 heavy (non-hydrogen) atoms. The third-order valence-electron chi connectivity index (χ3n) is 7.82. The molecule has 0 radical (unpaired) electrons. The molecule has 1 N–H and O–H groups in total. The van der Waals surface area contributed by atoms with Gasteiger partial charge in [-0.15, -0.1) is 0 Å². The number of alkyl halides is 3. The van der Waals surface area contributed by atoms with Crippen molar-refractivity contribution >= 4 is 11.8 Å². The van der Waals surface area contributed by atoms with Gasteiger partial charge in [-0.05, 0) is 56.3 Å².